The summed E-state index contributed by atoms with van der Waals surface area (Å²) in [6, 6.07) is 7.10. The van der Waals surface area contributed by atoms with Crippen LogP contribution in [0.4, 0.5) is 0 Å². The Balaban J connectivity index is 1.93. The average Bonchev–Trinajstić information content (AvgIpc) is 2.92. The molecule has 2 rings (SSSR count). The van der Waals surface area contributed by atoms with E-state index in [9.17, 15) is 4.79 Å². The standard InChI is InChI=1S/C15H20N2O2S/c1-11(2)19-13-7-5-12(6-8-13)14(18)16-15(20)17-9-3-4-10-17/h5-8,11H,3-4,9-10H2,1-2H3,(H,16,18,20). The third kappa shape index (κ3) is 3.93. The maximum Gasteiger partial charge on any atom is 0.257 e. The van der Waals surface area contributed by atoms with Crippen molar-refractivity contribution in [3.05, 3.63) is 29.8 Å². The number of benzene rings is 1. The van der Waals surface area contributed by atoms with Gasteiger partial charge in [0.05, 0.1) is 6.10 Å². The summed E-state index contributed by atoms with van der Waals surface area (Å²) in [4.78, 5) is 14.1. The lowest BCUT2D eigenvalue weighted by Gasteiger charge is -2.18. The molecule has 1 amide bonds. The molecule has 0 spiro atoms. The summed E-state index contributed by atoms with van der Waals surface area (Å²) in [5, 5.41) is 3.30. The first-order valence-corrected chi connectivity index (χ1v) is 7.34. The van der Waals surface area contributed by atoms with Gasteiger partial charge in [-0.15, -0.1) is 0 Å². The Morgan fingerprint density at radius 3 is 2.40 bits per heavy atom. The highest BCUT2D eigenvalue weighted by Gasteiger charge is 2.17. The lowest BCUT2D eigenvalue weighted by Crippen LogP contribution is -2.41. The summed E-state index contributed by atoms with van der Waals surface area (Å²) in [5.41, 5.74) is 0.586. The fourth-order valence-electron chi connectivity index (χ4n) is 2.13. The third-order valence-electron chi connectivity index (χ3n) is 3.10. The van der Waals surface area contributed by atoms with Crippen LogP contribution in [0.5, 0.6) is 5.75 Å². The summed E-state index contributed by atoms with van der Waals surface area (Å²) in [6.45, 7) is 5.80. The second kappa shape index (κ2) is 6.70. The van der Waals surface area contributed by atoms with Gasteiger partial charge in [0.2, 0.25) is 0 Å². The van der Waals surface area contributed by atoms with Crippen LogP contribution >= 0.6 is 12.2 Å². The van der Waals surface area contributed by atoms with E-state index in [-0.39, 0.29) is 12.0 Å². The van der Waals surface area contributed by atoms with Gasteiger partial charge in [-0.3, -0.25) is 10.1 Å². The third-order valence-corrected chi connectivity index (χ3v) is 3.46. The number of carbonyl (C=O) groups excluding carboxylic acids is 1. The number of rotatable bonds is 3. The number of hydrogen-bond acceptors (Lipinski definition) is 3. The zero-order valence-electron chi connectivity index (χ0n) is 11.9. The van der Waals surface area contributed by atoms with Crippen LogP contribution in [0.1, 0.15) is 37.0 Å². The quantitative estimate of drug-likeness (QED) is 0.870. The molecule has 1 aromatic rings. The lowest BCUT2D eigenvalue weighted by molar-refractivity contribution is 0.0974. The molecule has 1 aliphatic rings. The van der Waals surface area contributed by atoms with Crippen LogP contribution in [0.3, 0.4) is 0 Å². The molecule has 1 aliphatic heterocycles. The number of amides is 1. The molecule has 1 fully saturated rings. The predicted molar refractivity (Wildman–Crippen MR) is 83.1 cm³/mol. The number of nitrogens with one attached hydrogen (secondary N) is 1. The van der Waals surface area contributed by atoms with Gasteiger partial charge in [0.25, 0.3) is 5.91 Å². The van der Waals surface area contributed by atoms with Gasteiger partial charge in [-0.05, 0) is 63.2 Å². The minimum atomic E-state index is -0.169. The first kappa shape index (κ1) is 14.8. The summed E-state index contributed by atoms with van der Waals surface area (Å²) in [6.07, 6.45) is 2.39. The zero-order valence-corrected chi connectivity index (χ0v) is 12.7. The van der Waals surface area contributed by atoms with E-state index in [1.165, 1.54) is 0 Å². The molecule has 1 N–H and O–H groups in total. The number of likely N-dealkylation sites (tertiary alicyclic amines) is 1. The van der Waals surface area contributed by atoms with Crippen molar-refractivity contribution in [1.29, 1.82) is 0 Å². The first-order chi connectivity index (χ1) is 9.56. The molecule has 0 atom stereocenters. The van der Waals surface area contributed by atoms with Crippen LogP contribution in [-0.4, -0.2) is 35.1 Å². The molecule has 20 heavy (non-hydrogen) atoms. The van der Waals surface area contributed by atoms with Crippen molar-refractivity contribution < 1.29 is 9.53 Å². The second-order valence-corrected chi connectivity index (χ2v) is 5.53. The summed E-state index contributed by atoms with van der Waals surface area (Å²) >= 11 is 5.24. The summed E-state index contributed by atoms with van der Waals surface area (Å²) < 4.78 is 5.55. The Labute approximate surface area is 125 Å². The van der Waals surface area contributed by atoms with Gasteiger partial charge in [0, 0.05) is 18.7 Å². The normalized spacial score (nSPS) is 14.4. The Bertz CT molecular complexity index is 479. The molecule has 1 aromatic carbocycles. The molecule has 0 aromatic heterocycles. The molecule has 4 nitrogen and oxygen atoms in total. The highest BCUT2D eigenvalue weighted by atomic mass is 32.1. The van der Waals surface area contributed by atoms with E-state index in [0.717, 1.165) is 31.7 Å². The van der Waals surface area contributed by atoms with Crippen molar-refractivity contribution in [2.45, 2.75) is 32.8 Å². The van der Waals surface area contributed by atoms with Gasteiger partial charge in [-0.1, -0.05) is 0 Å². The Kier molecular flexibility index (Phi) is 4.95. The van der Waals surface area contributed by atoms with E-state index in [0.29, 0.717) is 10.7 Å². The van der Waals surface area contributed by atoms with E-state index >= 15 is 0 Å². The smallest absolute Gasteiger partial charge is 0.257 e. The van der Waals surface area contributed by atoms with Gasteiger partial charge in [0.1, 0.15) is 5.75 Å². The minimum absolute atomic E-state index is 0.123. The number of carbonyl (C=O) groups is 1. The van der Waals surface area contributed by atoms with Gasteiger partial charge in [0.15, 0.2) is 5.11 Å². The van der Waals surface area contributed by atoms with Gasteiger partial charge < -0.3 is 9.64 Å². The van der Waals surface area contributed by atoms with E-state index in [2.05, 4.69) is 5.32 Å². The second-order valence-electron chi connectivity index (χ2n) is 5.14. The summed E-state index contributed by atoms with van der Waals surface area (Å²) in [7, 11) is 0. The van der Waals surface area contributed by atoms with E-state index in [4.69, 9.17) is 17.0 Å². The molecule has 0 saturated carbocycles. The molecule has 1 heterocycles. The van der Waals surface area contributed by atoms with Gasteiger partial charge in [-0.25, -0.2) is 0 Å². The van der Waals surface area contributed by atoms with Gasteiger partial charge in [-0.2, -0.15) is 0 Å². The lowest BCUT2D eigenvalue weighted by atomic mass is 10.2. The first-order valence-electron chi connectivity index (χ1n) is 6.93. The monoisotopic (exact) mass is 292 g/mol. The average molecular weight is 292 g/mol. The number of thiocarbonyl (C=S) groups is 1. The molecular formula is C15H20N2O2S. The van der Waals surface area contributed by atoms with Crippen molar-refractivity contribution in [2.24, 2.45) is 0 Å². The molecule has 0 bridgehead atoms. The van der Waals surface area contributed by atoms with Crippen LogP contribution in [0.25, 0.3) is 0 Å². The molecular weight excluding hydrogens is 272 g/mol. The maximum absolute atomic E-state index is 12.1. The van der Waals surface area contributed by atoms with Crippen molar-refractivity contribution in [2.75, 3.05) is 13.1 Å². The van der Waals surface area contributed by atoms with Crippen LogP contribution in [-0.2, 0) is 0 Å². The number of nitrogens with zero attached hydrogens (tertiary/aromatic N) is 1. The highest BCUT2D eigenvalue weighted by Crippen LogP contribution is 2.14. The van der Waals surface area contributed by atoms with E-state index in [1.807, 2.05) is 18.7 Å². The van der Waals surface area contributed by atoms with Crippen molar-refractivity contribution in [3.63, 3.8) is 0 Å². The molecule has 108 valence electrons. The Hall–Kier alpha value is -1.62. The summed E-state index contributed by atoms with van der Waals surface area (Å²) in [5.74, 6) is 0.594. The fourth-order valence-corrected chi connectivity index (χ4v) is 2.40. The highest BCUT2D eigenvalue weighted by molar-refractivity contribution is 7.80. The van der Waals surface area contributed by atoms with Crippen LogP contribution in [0.15, 0.2) is 24.3 Å². The minimum Gasteiger partial charge on any atom is -0.491 e. The Morgan fingerprint density at radius 1 is 1.25 bits per heavy atom. The molecule has 5 heteroatoms. The fraction of sp³-hybridized carbons (Fsp3) is 0.467. The zero-order chi connectivity index (χ0) is 14.5. The largest absolute Gasteiger partial charge is 0.491 e. The van der Waals surface area contributed by atoms with Crippen molar-refractivity contribution >= 4 is 23.2 Å². The number of hydrogen-bond donors (Lipinski definition) is 1. The van der Waals surface area contributed by atoms with Crippen LogP contribution < -0.4 is 10.1 Å². The predicted octanol–water partition coefficient (Wildman–Crippen LogP) is 2.58. The van der Waals surface area contributed by atoms with Crippen molar-refractivity contribution in [1.82, 2.24) is 10.2 Å². The number of ether oxygens (including phenoxy) is 1. The molecule has 0 unspecified atom stereocenters. The van der Waals surface area contributed by atoms with E-state index < -0.39 is 0 Å². The van der Waals surface area contributed by atoms with Crippen LogP contribution in [0, 0.1) is 0 Å². The Morgan fingerprint density at radius 2 is 1.85 bits per heavy atom. The van der Waals surface area contributed by atoms with Crippen LogP contribution in [0.2, 0.25) is 0 Å². The maximum atomic E-state index is 12.1. The molecule has 1 saturated heterocycles. The van der Waals surface area contributed by atoms with Crippen molar-refractivity contribution in [3.8, 4) is 5.75 Å². The SMILES string of the molecule is CC(C)Oc1ccc(C(=O)NC(=S)N2CCCC2)cc1. The van der Waals surface area contributed by atoms with E-state index in [1.54, 1.807) is 24.3 Å². The molecule has 0 aliphatic carbocycles. The molecule has 0 radical (unpaired) electrons. The van der Waals surface area contributed by atoms with Gasteiger partial charge >= 0.3 is 0 Å². The topological polar surface area (TPSA) is 41.6 Å².